The predicted molar refractivity (Wildman–Crippen MR) is 124 cm³/mol. The molecule has 0 saturated carbocycles. The van der Waals surface area contributed by atoms with Crippen LogP contribution < -0.4 is 5.32 Å². The summed E-state index contributed by atoms with van der Waals surface area (Å²) in [5.41, 5.74) is 4.19. The summed E-state index contributed by atoms with van der Waals surface area (Å²) >= 11 is 1.32. The Morgan fingerprint density at radius 2 is 1.74 bits per heavy atom. The molecular weight excluding hydrogens is 406 g/mol. The smallest absolute Gasteiger partial charge is 0.264 e. The van der Waals surface area contributed by atoms with Crippen molar-refractivity contribution in [2.75, 3.05) is 0 Å². The van der Waals surface area contributed by atoms with Gasteiger partial charge in [-0.1, -0.05) is 36.4 Å². The van der Waals surface area contributed by atoms with E-state index in [4.69, 9.17) is 5.10 Å². The van der Waals surface area contributed by atoms with Gasteiger partial charge in [0.2, 0.25) is 0 Å². The molecule has 1 fully saturated rings. The van der Waals surface area contributed by atoms with Gasteiger partial charge in [0.05, 0.1) is 16.3 Å². The van der Waals surface area contributed by atoms with Crippen molar-refractivity contribution in [3.63, 3.8) is 0 Å². The molecule has 150 valence electrons. The highest BCUT2D eigenvalue weighted by molar-refractivity contribution is 8.18. The van der Waals surface area contributed by atoms with Gasteiger partial charge in [-0.15, -0.1) is 0 Å². The summed E-state index contributed by atoms with van der Waals surface area (Å²) in [6.07, 6.45) is 7.26. The van der Waals surface area contributed by atoms with Crippen LogP contribution in [0.3, 0.4) is 0 Å². The average Bonchev–Trinajstić information content (AvgIpc) is 3.39. The number of thioether (sulfide) groups is 1. The number of rotatable bonds is 4. The Kier molecular flexibility index (Phi) is 5.16. The van der Waals surface area contributed by atoms with Crippen molar-refractivity contribution >= 4 is 34.6 Å². The largest absolute Gasteiger partial charge is 0.300 e. The van der Waals surface area contributed by atoms with Crippen LogP contribution in [0.1, 0.15) is 5.56 Å². The van der Waals surface area contributed by atoms with E-state index in [1.54, 1.807) is 12.4 Å². The molecule has 0 atom stereocenters. The van der Waals surface area contributed by atoms with Gasteiger partial charge in [-0.25, -0.2) is 9.67 Å². The van der Waals surface area contributed by atoms with Crippen molar-refractivity contribution in [2.24, 2.45) is 4.99 Å². The summed E-state index contributed by atoms with van der Waals surface area (Å²) in [6, 6.07) is 23.2. The Morgan fingerprint density at radius 1 is 0.968 bits per heavy atom. The standard InChI is InChI=1S/C24H17N5OS/c30-23-21(31-24(27-23)26-19-9-3-1-4-10-19)14-18-16-29(20-11-5-2-6-12-20)28-22(18)17-8-7-13-25-15-17/h1-16H,(H,26,27,30)/b21-14-. The van der Waals surface area contributed by atoms with Crippen LogP contribution in [0, 0.1) is 0 Å². The van der Waals surface area contributed by atoms with Crippen LogP contribution in [-0.4, -0.2) is 25.8 Å². The summed E-state index contributed by atoms with van der Waals surface area (Å²) in [5, 5.41) is 8.16. The van der Waals surface area contributed by atoms with Crippen molar-refractivity contribution in [3.8, 4) is 16.9 Å². The van der Waals surface area contributed by atoms with E-state index in [0.29, 0.717) is 10.1 Å². The van der Waals surface area contributed by atoms with Gasteiger partial charge in [0, 0.05) is 29.7 Å². The van der Waals surface area contributed by atoms with Crippen LogP contribution in [0.5, 0.6) is 0 Å². The number of amides is 1. The molecule has 3 heterocycles. The van der Waals surface area contributed by atoms with Gasteiger partial charge in [-0.3, -0.25) is 9.78 Å². The number of pyridine rings is 1. The van der Waals surface area contributed by atoms with Gasteiger partial charge in [-0.05, 0) is 54.2 Å². The lowest BCUT2D eigenvalue weighted by atomic mass is 10.1. The van der Waals surface area contributed by atoms with E-state index in [9.17, 15) is 4.79 Å². The highest BCUT2D eigenvalue weighted by Gasteiger charge is 2.25. The number of aromatic nitrogens is 3. The van der Waals surface area contributed by atoms with Crippen LogP contribution in [0.2, 0.25) is 0 Å². The molecular formula is C24H17N5OS. The number of amidine groups is 1. The van der Waals surface area contributed by atoms with Crippen molar-refractivity contribution in [1.82, 2.24) is 20.1 Å². The zero-order valence-electron chi connectivity index (χ0n) is 16.3. The first-order valence-corrected chi connectivity index (χ1v) is 10.5. The zero-order chi connectivity index (χ0) is 21.0. The number of aliphatic imine (C=N–C) groups is 1. The third-order valence-corrected chi connectivity index (χ3v) is 5.53. The number of nitrogens with one attached hydrogen (secondary N) is 1. The van der Waals surface area contributed by atoms with Gasteiger partial charge in [0.25, 0.3) is 5.91 Å². The van der Waals surface area contributed by atoms with Crippen LogP contribution in [0.25, 0.3) is 23.0 Å². The fourth-order valence-electron chi connectivity index (χ4n) is 3.17. The Bertz CT molecular complexity index is 1280. The SMILES string of the molecule is O=C1NC(=Nc2ccccc2)S/C1=C\c1cn(-c2ccccc2)nc1-c1cccnc1. The molecule has 0 aliphatic carbocycles. The molecule has 0 bridgehead atoms. The molecule has 2 aromatic carbocycles. The third kappa shape index (κ3) is 4.17. The molecule has 0 spiro atoms. The number of hydrogen-bond acceptors (Lipinski definition) is 5. The van der Waals surface area contributed by atoms with Gasteiger partial charge in [0.15, 0.2) is 5.17 Å². The molecule has 4 aromatic rings. The number of carbonyl (C=O) groups is 1. The minimum atomic E-state index is -0.177. The topological polar surface area (TPSA) is 72.2 Å². The number of hydrogen-bond donors (Lipinski definition) is 1. The Hall–Kier alpha value is -3.97. The number of nitrogens with zero attached hydrogens (tertiary/aromatic N) is 4. The lowest BCUT2D eigenvalue weighted by molar-refractivity contribution is -0.115. The summed E-state index contributed by atoms with van der Waals surface area (Å²) in [5.74, 6) is -0.177. The molecule has 0 unspecified atom stereocenters. The van der Waals surface area contributed by atoms with Crippen LogP contribution in [0.15, 0.2) is 101 Å². The monoisotopic (exact) mass is 423 g/mol. The quantitative estimate of drug-likeness (QED) is 0.478. The zero-order valence-corrected chi connectivity index (χ0v) is 17.2. The molecule has 0 radical (unpaired) electrons. The van der Waals surface area contributed by atoms with Crippen molar-refractivity contribution in [3.05, 3.63) is 102 Å². The van der Waals surface area contributed by atoms with E-state index in [-0.39, 0.29) is 5.91 Å². The van der Waals surface area contributed by atoms with E-state index in [2.05, 4.69) is 15.3 Å². The van der Waals surface area contributed by atoms with Gasteiger partial charge in [0.1, 0.15) is 5.69 Å². The second-order valence-electron chi connectivity index (χ2n) is 6.77. The molecule has 2 aromatic heterocycles. The molecule has 1 N–H and O–H groups in total. The normalized spacial score (nSPS) is 16.1. The predicted octanol–water partition coefficient (Wildman–Crippen LogP) is 4.83. The summed E-state index contributed by atoms with van der Waals surface area (Å²) < 4.78 is 1.81. The first-order chi connectivity index (χ1) is 15.3. The number of benzene rings is 2. The lowest BCUT2D eigenvalue weighted by Gasteiger charge is -2.00. The van der Waals surface area contributed by atoms with E-state index in [1.165, 1.54) is 11.8 Å². The molecule has 1 amide bonds. The van der Waals surface area contributed by atoms with E-state index in [0.717, 1.165) is 28.2 Å². The van der Waals surface area contributed by atoms with E-state index < -0.39 is 0 Å². The van der Waals surface area contributed by atoms with Gasteiger partial charge < -0.3 is 5.32 Å². The highest BCUT2D eigenvalue weighted by atomic mass is 32.2. The second-order valence-corrected chi connectivity index (χ2v) is 7.80. The highest BCUT2D eigenvalue weighted by Crippen LogP contribution is 2.31. The Balaban J connectivity index is 1.53. The van der Waals surface area contributed by atoms with Gasteiger partial charge in [-0.2, -0.15) is 5.10 Å². The molecule has 31 heavy (non-hydrogen) atoms. The van der Waals surface area contributed by atoms with E-state index in [1.807, 2.05) is 89.8 Å². The minimum absolute atomic E-state index is 0.177. The summed E-state index contributed by atoms with van der Waals surface area (Å²) in [7, 11) is 0. The first kappa shape index (κ1) is 19.0. The van der Waals surface area contributed by atoms with Crippen LogP contribution in [-0.2, 0) is 4.79 Å². The summed E-state index contributed by atoms with van der Waals surface area (Å²) in [6.45, 7) is 0. The Labute approximate surface area is 183 Å². The molecule has 1 saturated heterocycles. The molecule has 6 nitrogen and oxygen atoms in total. The van der Waals surface area contributed by atoms with Crippen molar-refractivity contribution in [2.45, 2.75) is 0 Å². The fraction of sp³-hybridized carbons (Fsp3) is 0. The summed E-state index contributed by atoms with van der Waals surface area (Å²) in [4.78, 5) is 21.9. The average molecular weight is 424 g/mol. The fourth-order valence-corrected chi connectivity index (χ4v) is 4.01. The molecule has 1 aliphatic rings. The van der Waals surface area contributed by atoms with Gasteiger partial charge >= 0.3 is 0 Å². The van der Waals surface area contributed by atoms with Crippen LogP contribution in [0.4, 0.5) is 5.69 Å². The maximum atomic E-state index is 12.6. The number of para-hydroxylation sites is 2. The van der Waals surface area contributed by atoms with Crippen LogP contribution >= 0.6 is 11.8 Å². The maximum absolute atomic E-state index is 12.6. The molecule has 7 heteroatoms. The minimum Gasteiger partial charge on any atom is -0.300 e. The van der Waals surface area contributed by atoms with E-state index >= 15 is 0 Å². The second kappa shape index (κ2) is 8.41. The molecule has 5 rings (SSSR count). The maximum Gasteiger partial charge on any atom is 0.264 e. The lowest BCUT2D eigenvalue weighted by Crippen LogP contribution is -2.19. The first-order valence-electron chi connectivity index (χ1n) is 9.66. The van der Waals surface area contributed by atoms with Crippen molar-refractivity contribution < 1.29 is 4.79 Å². The Morgan fingerprint density at radius 3 is 2.48 bits per heavy atom. The third-order valence-electron chi connectivity index (χ3n) is 4.62. The number of carbonyl (C=O) groups excluding carboxylic acids is 1. The molecule has 1 aliphatic heterocycles. The van der Waals surface area contributed by atoms with Crippen molar-refractivity contribution in [1.29, 1.82) is 0 Å².